The number of benzene rings is 12. The van der Waals surface area contributed by atoms with Crippen LogP contribution in [0.1, 0.15) is 0 Å². The maximum absolute atomic E-state index is 7.08. The van der Waals surface area contributed by atoms with Crippen molar-refractivity contribution in [3.63, 3.8) is 0 Å². The van der Waals surface area contributed by atoms with E-state index in [1.165, 1.54) is 26.9 Å². The number of hydrogen-bond acceptors (Lipinski definition) is 4. The van der Waals surface area contributed by atoms with Gasteiger partial charge in [0.15, 0.2) is 17.5 Å². The van der Waals surface area contributed by atoms with Crippen molar-refractivity contribution in [3.8, 4) is 51.2 Å². The van der Waals surface area contributed by atoms with E-state index in [2.05, 4.69) is 262 Å². The first kappa shape index (κ1) is 42.7. The molecule has 0 N–H and O–H groups in total. The molecule has 0 atom stereocenters. The molecule has 78 heavy (non-hydrogen) atoms. The molecule has 0 saturated heterocycles. The topological polar surface area (TPSA) is 66.6 Å². The van der Waals surface area contributed by atoms with Gasteiger partial charge in [-0.15, -0.1) is 0 Å². The Morgan fingerprint density at radius 2 is 0.808 bits per heavy atom. The zero-order valence-electron chi connectivity index (χ0n) is 41.8. The van der Waals surface area contributed by atoms with Crippen LogP contribution in [0, 0.1) is 0 Å². The van der Waals surface area contributed by atoms with Crippen LogP contribution >= 0.6 is 0 Å². The van der Waals surface area contributed by atoms with E-state index >= 15 is 0 Å². The van der Waals surface area contributed by atoms with Gasteiger partial charge in [0.05, 0.1) is 38.7 Å². The molecule has 362 valence electrons. The summed E-state index contributed by atoms with van der Waals surface area (Å²) in [6.45, 7) is 0. The van der Waals surface area contributed by atoms with Gasteiger partial charge in [0, 0.05) is 71.3 Å². The van der Waals surface area contributed by atoms with Crippen LogP contribution in [0.15, 0.2) is 259 Å². The molecule has 17 aromatic rings. The van der Waals surface area contributed by atoms with Gasteiger partial charge in [0.2, 0.25) is 0 Å². The Balaban J connectivity index is 0.942. The minimum Gasteiger partial charge on any atom is -0.455 e. The Kier molecular flexibility index (Phi) is 9.00. The summed E-state index contributed by atoms with van der Waals surface area (Å²) in [7, 11) is 0. The molecule has 7 nitrogen and oxygen atoms in total. The second-order valence-corrected chi connectivity index (χ2v) is 20.3. The van der Waals surface area contributed by atoms with Gasteiger partial charge in [-0.25, -0.2) is 15.0 Å². The number of para-hydroxylation sites is 6. The Labute approximate surface area is 445 Å². The molecule has 12 aromatic carbocycles. The molecule has 0 saturated carbocycles. The average Bonchev–Trinajstić information content (AvgIpc) is 4.45. The van der Waals surface area contributed by atoms with E-state index in [-0.39, 0.29) is 0 Å². The lowest BCUT2D eigenvalue weighted by atomic mass is 9.99. The molecule has 0 aliphatic carbocycles. The number of furan rings is 1. The maximum Gasteiger partial charge on any atom is 0.167 e. The molecule has 0 spiro atoms. The summed E-state index contributed by atoms with van der Waals surface area (Å²) >= 11 is 0. The van der Waals surface area contributed by atoms with E-state index in [1.807, 2.05) is 6.07 Å². The van der Waals surface area contributed by atoms with Gasteiger partial charge in [-0.05, 0) is 113 Å². The Morgan fingerprint density at radius 1 is 0.269 bits per heavy atom. The summed E-state index contributed by atoms with van der Waals surface area (Å²) in [5, 5.41) is 13.5. The lowest BCUT2D eigenvalue weighted by Crippen LogP contribution is -2.01. The van der Waals surface area contributed by atoms with E-state index < -0.39 is 0 Å². The third-order valence-corrected chi connectivity index (χ3v) is 16.0. The highest BCUT2D eigenvalue weighted by Gasteiger charge is 2.25. The molecule has 5 heterocycles. The minimum atomic E-state index is 0.520. The third-order valence-electron chi connectivity index (χ3n) is 16.0. The zero-order valence-corrected chi connectivity index (χ0v) is 41.8. The minimum absolute atomic E-state index is 0.520. The molecule has 0 aliphatic rings. The summed E-state index contributed by atoms with van der Waals surface area (Å²) in [6.07, 6.45) is 0. The van der Waals surface area contributed by atoms with Gasteiger partial charge in [-0.2, -0.15) is 0 Å². The molecule has 0 bridgehead atoms. The van der Waals surface area contributed by atoms with Gasteiger partial charge >= 0.3 is 0 Å². The number of aromatic nitrogens is 6. The molecule has 0 unspecified atom stereocenters. The van der Waals surface area contributed by atoms with Gasteiger partial charge in [-0.3, -0.25) is 0 Å². The predicted molar refractivity (Wildman–Crippen MR) is 321 cm³/mol. The van der Waals surface area contributed by atoms with Crippen LogP contribution in [0.2, 0.25) is 0 Å². The average molecular weight is 995 g/mol. The maximum atomic E-state index is 7.08. The van der Waals surface area contributed by atoms with Crippen LogP contribution in [0.4, 0.5) is 0 Å². The molecule has 5 aromatic heterocycles. The fraction of sp³-hybridized carbons (Fsp3) is 0. The smallest absolute Gasteiger partial charge is 0.167 e. The van der Waals surface area contributed by atoms with Crippen LogP contribution in [-0.4, -0.2) is 28.7 Å². The van der Waals surface area contributed by atoms with Gasteiger partial charge in [-0.1, -0.05) is 164 Å². The van der Waals surface area contributed by atoms with Crippen LogP contribution in [0.3, 0.4) is 0 Å². The molecule has 7 heteroatoms. The fourth-order valence-corrected chi connectivity index (χ4v) is 12.6. The number of rotatable bonds is 6. The molecule has 0 aliphatic heterocycles. The largest absolute Gasteiger partial charge is 0.455 e. The van der Waals surface area contributed by atoms with Crippen molar-refractivity contribution in [3.05, 3.63) is 255 Å². The second kappa shape index (κ2) is 16.4. The standard InChI is InChI=1S/C71H42N6O/c1-3-20-47(21-4-1)75-61-31-15-11-26-53(61)66-55(28-17-32-62(66)75)70-72-69(46-35-37-52-50-24-9-13-29-59(50)76(63(52)41-46)48-22-5-2-6-23-48)73-71(74-70)58-39-45-34-36-49(42-56(45)67-54-27-12-16-33-65(54)78-68(58)67)77-60-30-14-10-25-51(60)57-38-43-18-7-8-19-44(43)40-64(57)77/h1-42H. The quantitative estimate of drug-likeness (QED) is 0.166. The molecular weight excluding hydrogens is 953 g/mol. The van der Waals surface area contributed by atoms with Gasteiger partial charge < -0.3 is 18.1 Å². The van der Waals surface area contributed by atoms with Crippen LogP contribution < -0.4 is 0 Å². The summed E-state index contributed by atoms with van der Waals surface area (Å²) in [4.78, 5) is 16.6. The van der Waals surface area contributed by atoms with Crippen molar-refractivity contribution >= 4 is 109 Å². The Morgan fingerprint density at radius 3 is 1.55 bits per heavy atom. The number of nitrogens with zero attached hydrogens (tertiary/aromatic N) is 6. The molecule has 0 fully saturated rings. The lowest BCUT2D eigenvalue weighted by molar-refractivity contribution is 0.670. The van der Waals surface area contributed by atoms with Crippen molar-refractivity contribution in [2.45, 2.75) is 0 Å². The van der Waals surface area contributed by atoms with Crippen LogP contribution in [0.5, 0.6) is 0 Å². The van der Waals surface area contributed by atoms with Crippen LogP contribution in [0.25, 0.3) is 160 Å². The van der Waals surface area contributed by atoms with Gasteiger partial charge in [0.25, 0.3) is 0 Å². The lowest BCUT2D eigenvalue weighted by Gasteiger charge is -2.13. The molecule has 0 radical (unpaired) electrons. The van der Waals surface area contributed by atoms with Crippen LogP contribution in [-0.2, 0) is 0 Å². The molecular formula is C71H42N6O. The summed E-state index contributed by atoms with van der Waals surface area (Å²) in [5.74, 6) is 1.65. The number of fused-ring (bicyclic) bond motifs is 15. The van der Waals surface area contributed by atoms with E-state index in [9.17, 15) is 0 Å². The monoisotopic (exact) mass is 994 g/mol. The second-order valence-electron chi connectivity index (χ2n) is 20.3. The first-order valence-electron chi connectivity index (χ1n) is 26.4. The van der Waals surface area contributed by atoms with E-state index in [1.54, 1.807) is 0 Å². The highest BCUT2D eigenvalue weighted by molar-refractivity contribution is 6.23. The zero-order chi connectivity index (χ0) is 51.0. The normalized spacial score (nSPS) is 12.1. The van der Waals surface area contributed by atoms with Crippen molar-refractivity contribution in [2.75, 3.05) is 0 Å². The highest BCUT2D eigenvalue weighted by Crippen LogP contribution is 2.45. The van der Waals surface area contributed by atoms with Gasteiger partial charge in [0.1, 0.15) is 11.2 Å². The third kappa shape index (κ3) is 6.24. The Bertz CT molecular complexity index is 5330. The van der Waals surface area contributed by atoms with Crippen molar-refractivity contribution in [1.82, 2.24) is 28.7 Å². The Hall–Kier alpha value is -10.6. The fourth-order valence-electron chi connectivity index (χ4n) is 12.6. The first-order valence-corrected chi connectivity index (χ1v) is 26.4. The van der Waals surface area contributed by atoms with Crippen molar-refractivity contribution in [1.29, 1.82) is 0 Å². The van der Waals surface area contributed by atoms with Crippen molar-refractivity contribution < 1.29 is 4.42 Å². The van der Waals surface area contributed by atoms with E-state index in [0.29, 0.717) is 17.5 Å². The summed E-state index contributed by atoms with van der Waals surface area (Å²) in [5.41, 5.74) is 14.0. The van der Waals surface area contributed by atoms with Crippen molar-refractivity contribution in [2.24, 2.45) is 0 Å². The summed E-state index contributed by atoms with van der Waals surface area (Å²) in [6, 6.07) is 90.9. The SMILES string of the molecule is c1ccc(-n2c3ccccc3c3ccc(-c4nc(-c5cc6ccc(-n7c8ccccc8c8cc9ccccc9cc87)cc6c6c5oc5ccccc56)nc(-c5cccc6c5c5ccccc5n6-c5ccccc5)n4)cc32)cc1. The first-order chi connectivity index (χ1) is 38.7. The molecule has 0 amide bonds. The predicted octanol–water partition coefficient (Wildman–Crippen LogP) is 18.4. The summed E-state index contributed by atoms with van der Waals surface area (Å²) < 4.78 is 14.2. The van der Waals surface area contributed by atoms with E-state index in [0.717, 1.165) is 116 Å². The molecule has 17 rings (SSSR count). The highest BCUT2D eigenvalue weighted by atomic mass is 16.3. The van der Waals surface area contributed by atoms with E-state index in [4.69, 9.17) is 19.4 Å². The number of hydrogen-bond donors (Lipinski definition) is 0.